The summed E-state index contributed by atoms with van der Waals surface area (Å²) in [5.41, 5.74) is 3.34. The van der Waals surface area contributed by atoms with E-state index in [1.54, 1.807) is 12.0 Å². The predicted molar refractivity (Wildman–Crippen MR) is 84.2 cm³/mol. The average Bonchev–Trinajstić information content (AvgIpc) is 2.54. The minimum absolute atomic E-state index is 0.175. The fourth-order valence-electron chi connectivity index (χ4n) is 2.50. The van der Waals surface area contributed by atoms with Gasteiger partial charge < -0.3 is 14.4 Å². The first-order valence-electron chi connectivity index (χ1n) is 7.29. The fourth-order valence-corrected chi connectivity index (χ4v) is 2.50. The lowest BCUT2D eigenvalue weighted by Gasteiger charge is -2.34. The molecule has 4 heteroatoms. The van der Waals surface area contributed by atoms with E-state index >= 15 is 0 Å². The second-order valence-electron chi connectivity index (χ2n) is 5.34. The van der Waals surface area contributed by atoms with Crippen LogP contribution in [-0.4, -0.2) is 31.2 Å². The normalized spacial score (nSPS) is 14.3. The minimum atomic E-state index is 0.175. The van der Waals surface area contributed by atoms with Crippen LogP contribution in [-0.2, 0) is 11.3 Å². The van der Waals surface area contributed by atoms with E-state index in [1.807, 2.05) is 18.2 Å². The van der Waals surface area contributed by atoms with Gasteiger partial charge in [0, 0.05) is 5.56 Å². The molecule has 0 saturated carbocycles. The molecule has 4 nitrogen and oxygen atoms in total. The first-order valence-corrected chi connectivity index (χ1v) is 7.29. The Hall–Kier alpha value is -2.51. The highest BCUT2D eigenvalue weighted by molar-refractivity contribution is 5.70. The van der Waals surface area contributed by atoms with E-state index in [0.29, 0.717) is 19.7 Å². The number of nitriles is 1. The van der Waals surface area contributed by atoms with Crippen molar-refractivity contribution in [3.05, 3.63) is 54.1 Å². The molecule has 1 heterocycles. The molecule has 0 bridgehead atoms. The van der Waals surface area contributed by atoms with E-state index in [-0.39, 0.29) is 6.10 Å². The van der Waals surface area contributed by atoms with Crippen LogP contribution in [0.25, 0.3) is 11.1 Å². The lowest BCUT2D eigenvalue weighted by atomic mass is 10.0. The molecular weight excluding hydrogens is 276 g/mol. The molecule has 1 fully saturated rings. The summed E-state index contributed by atoms with van der Waals surface area (Å²) in [5, 5.41) is 8.68. The van der Waals surface area contributed by atoms with Crippen molar-refractivity contribution >= 4 is 0 Å². The number of benzene rings is 2. The Labute approximate surface area is 130 Å². The van der Waals surface area contributed by atoms with Gasteiger partial charge in [-0.3, -0.25) is 0 Å². The van der Waals surface area contributed by atoms with Crippen LogP contribution < -0.4 is 4.74 Å². The summed E-state index contributed by atoms with van der Waals surface area (Å²) in [6.07, 6.45) is 2.28. The van der Waals surface area contributed by atoms with Crippen LogP contribution in [0.1, 0.15) is 5.56 Å². The number of hydrogen-bond donors (Lipinski definition) is 0. The zero-order valence-electron chi connectivity index (χ0n) is 12.5. The molecule has 0 unspecified atom stereocenters. The molecule has 0 N–H and O–H groups in total. The summed E-state index contributed by atoms with van der Waals surface area (Å²) < 4.78 is 11.2. The average molecular weight is 294 g/mol. The second kappa shape index (κ2) is 6.50. The summed E-state index contributed by atoms with van der Waals surface area (Å²) in [4.78, 5) is 1.69. The molecule has 1 aliphatic heterocycles. The summed E-state index contributed by atoms with van der Waals surface area (Å²) in [6.45, 7) is 1.99. The molecule has 0 radical (unpaired) electrons. The Morgan fingerprint density at radius 1 is 1.14 bits per heavy atom. The highest BCUT2D eigenvalue weighted by atomic mass is 16.5. The molecule has 0 aliphatic carbocycles. The molecule has 1 saturated heterocycles. The Balaban J connectivity index is 1.62. The van der Waals surface area contributed by atoms with Crippen LogP contribution in [0.4, 0.5) is 0 Å². The maximum Gasteiger partial charge on any atom is 0.179 e. The zero-order chi connectivity index (χ0) is 15.4. The summed E-state index contributed by atoms with van der Waals surface area (Å²) >= 11 is 0. The van der Waals surface area contributed by atoms with Crippen LogP contribution in [0.3, 0.4) is 0 Å². The summed E-state index contributed by atoms with van der Waals surface area (Å²) in [5.74, 6) is 0.873. The number of likely N-dealkylation sites (tertiary alicyclic amines) is 1. The minimum Gasteiger partial charge on any atom is -0.496 e. The first kappa shape index (κ1) is 14.4. The van der Waals surface area contributed by atoms with Gasteiger partial charge in [0.1, 0.15) is 5.75 Å². The standard InChI is InChI=1S/C18H18N2O2/c1-21-18-5-3-2-4-17(18)15-8-6-14(7-9-15)12-22-16-10-20(11-16)13-19/h2-9,16H,10-12H2,1H3. The Morgan fingerprint density at radius 3 is 2.55 bits per heavy atom. The van der Waals surface area contributed by atoms with E-state index in [9.17, 15) is 0 Å². The lowest BCUT2D eigenvalue weighted by molar-refractivity contribution is -0.0400. The van der Waals surface area contributed by atoms with Gasteiger partial charge in [-0.2, -0.15) is 5.26 Å². The smallest absolute Gasteiger partial charge is 0.179 e. The van der Waals surface area contributed by atoms with Gasteiger partial charge >= 0.3 is 0 Å². The van der Waals surface area contributed by atoms with Crippen LogP contribution in [0.15, 0.2) is 48.5 Å². The third-order valence-corrected chi connectivity index (χ3v) is 3.85. The maximum atomic E-state index is 8.68. The molecule has 2 aromatic rings. The van der Waals surface area contributed by atoms with Gasteiger partial charge in [0.2, 0.25) is 0 Å². The lowest BCUT2D eigenvalue weighted by Crippen LogP contribution is -2.49. The molecule has 2 aromatic carbocycles. The van der Waals surface area contributed by atoms with Crippen LogP contribution in [0.5, 0.6) is 5.75 Å². The Morgan fingerprint density at radius 2 is 1.86 bits per heavy atom. The third kappa shape index (κ3) is 3.05. The van der Waals surface area contributed by atoms with Crippen molar-refractivity contribution in [3.63, 3.8) is 0 Å². The van der Waals surface area contributed by atoms with Gasteiger partial charge in [0.25, 0.3) is 0 Å². The van der Waals surface area contributed by atoms with Gasteiger partial charge in [-0.1, -0.05) is 42.5 Å². The van der Waals surface area contributed by atoms with E-state index in [4.69, 9.17) is 14.7 Å². The molecule has 1 aliphatic rings. The number of nitrogens with zero attached hydrogens (tertiary/aromatic N) is 2. The number of rotatable bonds is 5. The largest absolute Gasteiger partial charge is 0.496 e. The molecule has 0 atom stereocenters. The number of methoxy groups -OCH3 is 1. The second-order valence-corrected chi connectivity index (χ2v) is 5.34. The molecule has 112 valence electrons. The van der Waals surface area contributed by atoms with E-state index in [2.05, 4.69) is 36.5 Å². The zero-order valence-corrected chi connectivity index (χ0v) is 12.5. The monoisotopic (exact) mass is 294 g/mol. The van der Waals surface area contributed by atoms with Crippen molar-refractivity contribution in [2.24, 2.45) is 0 Å². The van der Waals surface area contributed by atoms with Gasteiger partial charge in [-0.15, -0.1) is 0 Å². The van der Waals surface area contributed by atoms with Crippen LogP contribution >= 0.6 is 0 Å². The van der Waals surface area contributed by atoms with Gasteiger partial charge in [0.05, 0.1) is 32.9 Å². The maximum absolute atomic E-state index is 8.68. The third-order valence-electron chi connectivity index (χ3n) is 3.85. The molecule has 3 rings (SSSR count). The van der Waals surface area contributed by atoms with Crippen molar-refractivity contribution in [3.8, 4) is 23.1 Å². The fraction of sp³-hybridized carbons (Fsp3) is 0.278. The SMILES string of the molecule is COc1ccccc1-c1ccc(COC2CN(C#N)C2)cc1. The molecule has 0 spiro atoms. The topological polar surface area (TPSA) is 45.5 Å². The van der Waals surface area contributed by atoms with Crippen molar-refractivity contribution in [1.82, 2.24) is 4.90 Å². The summed E-state index contributed by atoms with van der Waals surface area (Å²) in [6, 6.07) is 16.3. The highest BCUT2D eigenvalue weighted by Gasteiger charge is 2.26. The number of hydrogen-bond acceptors (Lipinski definition) is 4. The molecule has 22 heavy (non-hydrogen) atoms. The van der Waals surface area contributed by atoms with Gasteiger partial charge in [0.15, 0.2) is 6.19 Å². The summed E-state index contributed by atoms with van der Waals surface area (Å²) in [7, 11) is 1.68. The number of para-hydroxylation sites is 1. The van der Waals surface area contributed by atoms with Crippen LogP contribution in [0, 0.1) is 11.5 Å². The first-order chi connectivity index (χ1) is 10.8. The quantitative estimate of drug-likeness (QED) is 0.795. The Bertz CT molecular complexity index is 670. The van der Waals surface area contributed by atoms with Gasteiger partial charge in [-0.25, -0.2) is 0 Å². The Kier molecular flexibility index (Phi) is 4.27. The van der Waals surface area contributed by atoms with Crippen LogP contribution in [0.2, 0.25) is 0 Å². The molecular formula is C18H18N2O2. The molecule has 0 aromatic heterocycles. The highest BCUT2D eigenvalue weighted by Crippen LogP contribution is 2.29. The number of ether oxygens (including phenoxy) is 2. The van der Waals surface area contributed by atoms with E-state index in [1.165, 1.54) is 0 Å². The van der Waals surface area contributed by atoms with Crippen molar-refractivity contribution in [2.75, 3.05) is 20.2 Å². The van der Waals surface area contributed by atoms with Crippen molar-refractivity contribution in [1.29, 1.82) is 5.26 Å². The molecule has 0 amide bonds. The van der Waals surface area contributed by atoms with Gasteiger partial charge in [-0.05, 0) is 17.2 Å². The van der Waals surface area contributed by atoms with Crippen molar-refractivity contribution in [2.45, 2.75) is 12.7 Å². The van der Waals surface area contributed by atoms with E-state index in [0.717, 1.165) is 22.4 Å². The van der Waals surface area contributed by atoms with Crippen molar-refractivity contribution < 1.29 is 9.47 Å². The predicted octanol–water partition coefficient (Wildman–Crippen LogP) is 3.04. The van der Waals surface area contributed by atoms with E-state index < -0.39 is 0 Å².